The van der Waals surface area contributed by atoms with E-state index in [9.17, 15) is 0 Å². The maximum atomic E-state index is 5.25. The van der Waals surface area contributed by atoms with Crippen LogP contribution in [-0.2, 0) is 17.8 Å². The van der Waals surface area contributed by atoms with Gasteiger partial charge in [-0.3, -0.25) is 0 Å². The summed E-state index contributed by atoms with van der Waals surface area (Å²) in [6, 6.07) is 16.2. The number of ether oxygens (including phenoxy) is 2. The second-order valence-corrected chi connectivity index (χ2v) is 6.64. The number of benzene rings is 2. The van der Waals surface area contributed by atoms with Gasteiger partial charge in [-0.15, -0.1) is 0 Å². The van der Waals surface area contributed by atoms with E-state index in [-0.39, 0.29) is 0 Å². The Hall–Kier alpha value is -2.70. The van der Waals surface area contributed by atoms with Crippen LogP contribution in [0.2, 0.25) is 0 Å². The Labute approximate surface area is 160 Å². The van der Waals surface area contributed by atoms with Gasteiger partial charge in [0.2, 0.25) is 0 Å². The van der Waals surface area contributed by atoms with Gasteiger partial charge in [0.15, 0.2) is 11.6 Å². The van der Waals surface area contributed by atoms with Crippen LogP contribution in [0.3, 0.4) is 0 Å². The number of methoxy groups -OCH3 is 2. The van der Waals surface area contributed by atoms with E-state index in [2.05, 4.69) is 37.2 Å². The summed E-state index contributed by atoms with van der Waals surface area (Å²) in [6.07, 6.45) is 0. The van der Waals surface area contributed by atoms with Crippen LogP contribution >= 0.6 is 0 Å². The number of aromatic nitrogens is 3. The fourth-order valence-electron chi connectivity index (χ4n) is 2.93. The smallest absolute Gasteiger partial charge is 0.181 e. The standard InChI is InChI=1S/C21H26N4O2/c1-24(2)15-16-6-5-7-18(14-16)20-22-21(25(23-20)12-13-26-3)17-8-10-19(27-4)11-9-17/h5-11,14H,12-13,15H2,1-4H3. The highest BCUT2D eigenvalue weighted by Crippen LogP contribution is 2.25. The molecule has 0 saturated carbocycles. The van der Waals surface area contributed by atoms with Crippen LogP contribution in [0.15, 0.2) is 48.5 Å². The van der Waals surface area contributed by atoms with Crippen LogP contribution in [0.4, 0.5) is 0 Å². The van der Waals surface area contributed by atoms with Gasteiger partial charge in [0.1, 0.15) is 5.75 Å². The first-order chi connectivity index (χ1) is 13.1. The maximum absolute atomic E-state index is 5.25. The van der Waals surface area contributed by atoms with E-state index in [1.54, 1.807) is 14.2 Å². The van der Waals surface area contributed by atoms with E-state index in [4.69, 9.17) is 19.6 Å². The molecule has 3 aromatic rings. The van der Waals surface area contributed by atoms with E-state index in [1.165, 1.54) is 5.56 Å². The minimum atomic E-state index is 0.576. The monoisotopic (exact) mass is 366 g/mol. The van der Waals surface area contributed by atoms with Crippen molar-refractivity contribution in [2.75, 3.05) is 34.9 Å². The summed E-state index contributed by atoms with van der Waals surface area (Å²) in [6.45, 7) is 2.10. The van der Waals surface area contributed by atoms with Crippen molar-refractivity contribution in [2.45, 2.75) is 13.1 Å². The number of rotatable bonds is 8. The van der Waals surface area contributed by atoms with Crippen molar-refractivity contribution in [1.82, 2.24) is 19.7 Å². The molecule has 0 bridgehead atoms. The minimum Gasteiger partial charge on any atom is -0.497 e. The molecule has 3 rings (SSSR count). The molecule has 0 amide bonds. The lowest BCUT2D eigenvalue weighted by molar-refractivity contribution is 0.184. The largest absolute Gasteiger partial charge is 0.497 e. The van der Waals surface area contributed by atoms with E-state index >= 15 is 0 Å². The molecular formula is C21H26N4O2. The molecule has 0 aliphatic carbocycles. The lowest BCUT2D eigenvalue weighted by Gasteiger charge is -2.09. The quantitative estimate of drug-likeness (QED) is 0.612. The van der Waals surface area contributed by atoms with Crippen molar-refractivity contribution >= 4 is 0 Å². The summed E-state index contributed by atoms with van der Waals surface area (Å²) in [7, 11) is 7.48. The minimum absolute atomic E-state index is 0.576. The maximum Gasteiger partial charge on any atom is 0.181 e. The van der Waals surface area contributed by atoms with Crippen molar-refractivity contribution in [3.63, 3.8) is 0 Å². The van der Waals surface area contributed by atoms with Gasteiger partial charge >= 0.3 is 0 Å². The average Bonchev–Trinajstić information content (AvgIpc) is 3.10. The predicted octanol–water partition coefficient (Wildman–Crippen LogP) is 3.33. The molecule has 0 saturated heterocycles. The van der Waals surface area contributed by atoms with Gasteiger partial charge < -0.3 is 14.4 Å². The van der Waals surface area contributed by atoms with Crippen molar-refractivity contribution in [3.8, 4) is 28.5 Å². The molecule has 0 aliphatic rings. The molecule has 0 spiro atoms. The van der Waals surface area contributed by atoms with Crippen molar-refractivity contribution < 1.29 is 9.47 Å². The first kappa shape index (κ1) is 19.1. The Morgan fingerprint density at radius 1 is 1.00 bits per heavy atom. The number of hydrogen-bond acceptors (Lipinski definition) is 5. The number of hydrogen-bond donors (Lipinski definition) is 0. The molecule has 142 valence electrons. The summed E-state index contributed by atoms with van der Waals surface area (Å²) < 4.78 is 12.4. The fourth-order valence-corrected chi connectivity index (χ4v) is 2.93. The molecule has 27 heavy (non-hydrogen) atoms. The van der Waals surface area contributed by atoms with E-state index < -0.39 is 0 Å². The van der Waals surface area contributed by atoms with Crippen LogP contribution < -0.4 is 4.74 Å². The molecule has 1 heterocycles. The van der Waals surface area contributed by atoms with Gasteiger partial charge in [-0.2, -0.15) is 5.10 Å². The van der Waals surface area contributed by atoms with Crippen molar-refractivity contribution in [2.24, 2.45) is 0 Å². The second-order valence-electron chi connectivity index (χ2n) is 6.64. The molecule has 1 aromatic heterocycles. The van der Waals surface area contributed by atoms with Gasteiger partial charge in [0.25, 0.3) is 0 Å². The zero-order valence-electron chi connectivity index (χ0n) is 16.3. The Kier molecular flexibility index (Phi) is 6.21. The lowest BCUT2D eigenvalue weighted by atomic mass is 10.1. The van der Waals surface area contributed by atoms with E-state index in [0.717, 1.165) is 35.1 Å². The third-order valence-corrected chi connectivity index (χ3v) is 4.21. The third-order valence-electron chi connectivity index (χ3n) is 4.21. The van der Waals surface area contributed by atoms with Gasteiger partial charge in [0, 0.05) is 24.8 Å². The summed E-state index contributed by atoms with van der Waals surface area (Å²) in [5, 5.41) is 4.74. The molecule has 0 N–H and O–H groups in total. The van der Waals surface area contributed by atoms with Gasteiger partial charge in [-0.25, -0.2) is 9.67 Å². The molecule has 6 heteroatoms. The van der Waals surface area contributed by atoms with Crippen molar-refractivity contribution in [1.29, 1.82) is 0 Å². The molecule has 0 fully saturated rings. The molecule has 0 atom stereocenters. The molecule has 0 aliphatic heterocycles. The average molecular weight is 366 g/mol. The normalized spacial score (nSPS) is 11.1. The molecular weight excluding hydrogens is 340 g/mol. The van der Waals surface area contributed by atoms with Crippen LogP contribution in [0, 0.1) is 0 Å². The summed E-state index contributed by atoms with van der Waals surface area (Å²) in [4.78, 5) is 6.97. The van der Waals surface area contributed by atoms with Crippen LogP contribution in [0.5, 0.6) is 5.75 Å². The van der Waals surface area contributed by atoms with E-state index in [0.29, 0.717) is 13.2 Å². The zero-order chi connectivity index (χ0) is 19.2. The van der Waals surface area contributed by atoms with Crippen LogP contribution in [0.25, 0.3) is 22.8 Å². The van der Waals surface area contributed by atoms with Crippen LogP contribution in [-0.4, -0.2) is 54.6 Å². The lowest BCUT2D eigenvalue weighted by Crippen LogP contribution is -2.10. The number of nitrogens with zero attached hydrogens (tertiary/aromatic N) is 4. The van der Waals surface area contributed by atoms with Gasteiger partial charge in [0.05, 0.1) is 20.3 Å². The summed E-state index contributed by atoms with van der Waals surface area (Å²) >= 11 is 0. The first-order valence-electron chi connectivity index (χ1n) is 8.93. The highest BCUT2D eigenvalue weighted by molar-refractivity contribution is 5.62. The topological polar surface area (TPSA) is 52.4 Å². The molecule has 6 nitrogen and oxygen atoms in total. The zero-order valence-corrected chi connectivity index (χ0v) is 16.3. The van der Waals surface area contributed by atoms with Crippen molar-refractivity contribution in [3.05, 3.63) is 54.1 Å². The first-order valence-corrected chi connectivity index (χ1v) is 8.93. The fraction of sp³-hybridized carbons (Fsp3) is 0.333. The van der Waals surface area contributed by atoms with Gasteiger partial charge in [-0.1, -0.05) is 18.2 Å². The highest BCUT2D eigenvalue weighted by Gasteiger charge is 2.14. The molecule has 0 radical (unpaired) electrons. The molecule has 2 aromatic carbocycles. The highest BCUT2D eigenvalue weighted by atomic mass is 16.5. The summed E-state index contributed by atoms with van der Waals surface area (Å²) in [5.41, 5.74) is 3.24. The second kappa shape index (κ2) is 8.79. The Balaban J connectivity index is 1.98. The SMILES string of the molecule is COCCn1nc(-c2cccc(CN(C)C)c2)nc1-c1ccc(OC)cc1. The Bertz CT molecular complexity index is 872. The predicted molar refractivity (Wildman–Crippen MR) is 107 cm³/mol. The summed E-state index contributed by atoms with van der Waals surface area (Å²) in [5.74, 6) is 2.36. The van der Waals surface area contributed by atoms with Gasteiger partial charge in [-0.05, 0) is 50.0 Å². The Morgan fingerprint density at radius 2 is 1.78 bits per heavy atom. The Morgan fingerprint density at radius 3 is 2.44 bits per heavy atom. The molecule has 0 unspecified atom stereocenters. The third kappa shape index (κ3) is 4.72. The van der Waals surface area contributed by atoms with Crippen LogP contribution in [0.1, 0.15) is 5.56 Å². The van der Waals surface area contributed by atoms with E-state index in [1.807, 2.05) is 35.0 Å².